The molecular formula is C13H12N4O2S. The van der Waals surface area contributed by atoms with E-state index in [-0.39, 0.29) is 18.0 Å². The number of fused-ring (bicyclic) bond motifs is 1. The Kier molecular flexibility index (Phi) is 3.11. The molecule has 0 saturated carbocycles. The molecule has 0 radical (unpaired) electrons. The maximum Gasteiger partial charge on any atom is 0.323 e. The van der Waals surface area contributed by atoms with E-state index in [0.717, 1.165) is 10.7 Å². The lowest BCUT2D eigenvalue weighted by Gasteiger charge is -2.03. The van der Waals surface area contributed by atoms with E-state index in [1.807, 2.05) is 12.3 Å². The molecule has 102 valence electrons. The minimum atomic E-state index is -0.263. The van der Waals surface area contributed by atoms with Gasteiger partial charge in [-0.15, -0.1) is 11.3 Å². The summed E-state index contributed by atoms with van der Waals surface area (Å²) in [5.74, 6) is -0.132. The highest BCUT2D eigenvalue weighted by atomic mass is 32.1. The quantitative estimate of drug-likeness (QED) is 0.686. The first-order chi connectivity index (χ1) is 9.60. The Hall–Kier alpha value is -2.41. The molecule has 3 aromatic rings. The fourth-order valence-corrected chi connectivity index (χ4v) is 2.58. The fourth-order valence-electron chi connectivity index (χ4n) is 1.97. The molecule has 0 aliphatic carbocycles. The number of benzene rings is 1. The van der Waals surface area contributed by atoms with Crippen LogP contribution < -0.4 is 11.0 Å². The predicted molar refractivity (Wildman–Crippen MR) is 78.1 cm³/mol. The van der Waals surface area contributed by atoms with E-state index in [0.29, 0.717) is 16.7 Å². The van der Waals surface area contributed by atoms with Crippen LogP contribution in [-0.2, 0) is 11.2 Å². The van der Waals surface area contributed by atoms with Crippen molar-refractivity contribution in [3.63, 3.8) is 0 Å². The highest BCUT2D eigenvalue weighted by Crippen LogP contribution is 2.15. The second-order valence-corrected chi connectivity index (χ2v) is 5.48. The molecule has 0 saturated heterocycles. The number of thiazole rings is 1. The highest BCUT2D eigenvalue weighted by molar-refractivity contribution is 7.09. The van der Waals surface area contributed by atoms with Gasteiger partial charge in [0.25, 0.3) is 0 Å². The van der Waals surface area contributed by atoms with Crippen molar-refractivity contribution in [2.45, 2.75) is 13.3 Å². The number of H-pyrrole nitrogens is 2. The number of nitrogens with one attached hydrogen (secondary N) is 3. The first-order valence-corrected chi connectivity index (χ1v) is 6.91. The maximum absolute atomic E-state index is 11.9. The van der Waals surface area contributed by atoms with E-state index in [9.17, 15) is 9.59 Å². The molecule has 20 heavy (non-hydrogen) atoms. The number of aromatic nitrogens is 3. The third kappa shape index (κ3) is 2.62. The first-order valence-electron chi connectivity index (χ1n) is 6.03. The lowest BCUT2D eigenvalue weighted by atomic mass is 10.2. The lowest BCUT2D eigenvalue weighted by molar-refractivity contribution is -0.115. The Labute approximate surface area is 117 Å². The van der Waals surface area contributed by atoms with Crippen LogP contribution in [0.4, 0.5) is 5.69 Å². The molecular weight excluding hydrogens is 276 g/mol. The summed E-state index contributed by atoms with van der Waals surface area (Å²) in [6.07, 6.45) is 0.242. The minimum Gasteiger partial charge on any atom is -0.326 e. The van der Waals surface area contributed by atoms with Gasteiger partial charge in [0.05, 0.1) is 28.2 Å². The Bertz CT molecular complexity index is 830. The van der Waals surface area contributed by atoms with Crippen molar-refractivity contribution in [3.05, 3.63) is 44.8 Å². The number of hydrogen-bond acceptors (Lipinski definition) is 4. The third-order valence-electron chi connectivity index (χ3n) is 2.81. The van der Waals surface area contributed by atoms with Crippen LogP contribution in [0.2, 0.25) is 0 Å². The Morgan fingerprint density at radius 2 is 2.15 bits per heavy atom. The molecule has 2 heterocycles. The summed E-state index contributed by atoms with van der Waals surface area (Å²) in [7, 11) is 0. The Morgan fingerprint density at radius 1 is 1.35 bits per heavy atom. The van der Waals surface area contributed by atoms with E-state index < -0.39 is 0 Å². The molecule has 0 spiro atoms. The standard InChI is InChI=1S/C13H12N4O2S/c1-7-14-9(6-20-7)5-12(18)15-8-2-3-10-11(4-8)17-13(19)16-10/h2-4,6H,5H2,1H3,(H,15,18)(H2,16,17,19). The van der Waals surface area contributed by atoms with Gasteiger partial charge in [0.1, 0.15) is 0 Å². The molecule has 0 aliphatic heterocycles. The van der Waals surface area contributed by atoms with Crippen LogP contribution in [0.15, 0.2) is 28.4 Å². The monoisotopic (exact) mass is 288 g/mol. The van der Waals surface area contributed by atoms with Crippen molar-refractivity contribution in [2.24, 2.45) is 0 Å². The van der Waals surface area contributed by atoms with Gasteiger partial charge in [0.15, 0.2) is 0 Å². The minimum absolute atomic E-state index is 0.132. The number of carbonyl (C=O) groups excluding carboxylic acids is 1. The smallest absolute Gasteiger partial charge is 0.323 e. The van der Waals surface area contributed by atoms with Gasteiger partial charge in [-0.05, 0) is 25.1 Å². The fraction of sp³-hybridized carbons (Fsp3) is 0.154. The van der Waals surface area contributed by atoms with Crippen LogP contribution in [0.5, 0.6) is 0 Å². The lowest BCUT2D eigenvalue weighted by Crippen LogP contribution is -2.14. The number of amides is 1. The van der Waals surface area contributed by atoms with Crippen LogP contribution >= 0.6 is 11.3 Å². The van der Waals surface area contributed by atoms with E-state index >= 15 is 0 Å². The summed E-state index contributed by atoms with van der Waals surface area (Å²) in [4.78, 5) is 32.6. The van der Waals surface area contributed by atoms with E-state index in [1.54, 1.807) is 18.2 Å². The number of imidazole rings is 1. The van der Waals surface area contributed by atoms with Crippen LogP contribution in [0.1, 0.15) is 10.7 Å². The maximum atomic E-state index is 11.9. The molecule has 0 fully saturated rings. The average molecular weight is 288 g/mol. The average Bonchev–Trinajstić information content (AvgIpc) is 2.93. The largest absolute Gasteiger partial charge is 0.326 e. The van der Waals surface area contributed by atoms with Gasteiger partial charge in [-0.2, -0.15) is 0 Å². The van der Waals surface area contributed by atoms with Gasteiger partial charge in [-0.3, -0.25) is 4.79 Å². The van der Waals surface area contributed by atoms with E-state index in [2.05, 4.69) is 20.3 Å². The Balaban J connectivity index is 1.75. The molecule has 3 N–H and O–H groups in total. The van der Waals surface area contributed by atoms with Gasteiger partial charge >= 0.3 is 5.69 Å². The number of carbonyl (C=O) groups is 1. The zero-order valence-corrected chi connectivity index (χ0v) is 11.5. The normalized spacial score (nSPS) is 10.8. The summed E-state index contributed by atoms with van der Waals surface area (Å²) in [5.41, 5.74) is 2.52. The van der Waals surface area contributed by atoms with Crippen molar-refractivity contribution in [1.82, 2.24) is 15.0 Å². The SMILES string of the molecule is Cc1nc(CC(=O)Nc2ccc3[nH]c(=O)[nH]c3c2)cs1. The summed E-state index contributed by atoms with van der Waals surface area (Å²) in [5, 5.41) is 5.61. The van der Waals surface area contributed by atoms with E-state index in [1.165, 1.54) is 11.3 Å². The van der Waals surface area contributed by atoms with Crippen molar-refractivity contribution in [3.8, 4) is 0 Å². The Morgan fingerprint density at radius 3 is 2.90 bits per heavy atom. The number of hydrogen-bond donors (Lipinski definition) is 3. The van der Waals surface area contributed by atoms with Crippen LogP contribution in [0, 0.1) is 6.92 Å². The molecule has 2 aromatic heterocycles. The van der Waals surface area contributed by atoms with Gasteiger partial charge in [-0.1, -0.05) is 0 Å². The molecule has 1 amide bonds. The number of anilines is 1. The highest BCUT2D eigenvalue weighted by Gasteiger charge is 2.07. The summed E-state index contributed by atoms with van der Waals surface area (Å²) < 4.78 is 0. The second kappa shape index (κ2) is 4.93. The van der Waals surface area contributed by atoms with Crippen molar-refractivity contribution >= 4 is 34.0 Å². The molecule has 0 bridgehead atoms. The van der Waals surface area contributed by atoms with Gasteiger partial charge < -0.3 is 15.3 Å². The molecule has 1 aromatic carbocycles. The summed E-state index contributed by atoms with van der Waals surface area (Å²) >= 11 is 1.52. The van der Waals surface area contributed by atoms with Gasteiger partial charge in [-0.25, -0.2) is 9.78 Å². The molecule has 0 aliphatic rings. The number of rotatable bonds is 3. The van der Waals surface area contributed by atoms with Gasteiger partial charge in [0.2, 0.25) is 5.91 Å². The zero-order valence-electron chi connectivity index (χ0n) is 10.7. The zero-order chi connectivity index (χ0) is 14.1. The summed E-state index contributed by atoms with van der Waals surface area (Å²) in [6, 6.07) is 5.21. The van der Waals surface area contributed by atoms with Crippen LogP contribution in [0.3, 0.4) is 0 Å². The molecule has 0 atom stereocenters. The molecule has 6 nitrogen and oxygen atoms in total. The van der Waals surface area contributed by atoms with Crippen molar-refractivity contribution in [1.29, 1.82) is 0 Å². The first kappa shape index (κ1) is 12.6. The number of nitrogens with zero attached hydrogens (tertiary/aromatic N) is 1. The van der Waals surface area contributed by atoms with Crippen molar-refractivity contribution < 1.29 is 4.79 Å². The second-order valence-electron chi connectivity index (χ2n) is 4.42. The number of aromatic amines is 2. The van der Waals surface area contributed by atoms with Gasteiger partial charge in [0, 0.05) is 11.1 Å². The van der Waals surface area contributed by atoms with Crippen molar-refractivity contribution in [2.75, 3.05) is 5.32 Å². The van der Waals surface area contributed by atoms with E-state index in [4.69, 9.17) is 0 Å². The third-order valence-corrected chi connectivity index (χ3v) is 3.63. The molecule has 3 rings (SSSR count). The molecule has 0 unspecified atom stereocenters. The predicted octanol–water partition coefficient (Wildman–Crippen LogP) is 1.80. The van der Waals surface area contributed by atoms with Crippen LogP contribution in [0.25, 0.3) is 11.0 Å². The summed E-state index contributed by atoms with van der Waals surface area (Å²) in [6.45, 7) is 1.91. The topological polar surface area (TPSA) is 90.6 Å². The number of aryl methyl sites for hydroxylation is 1. The molecule has 7 heteroatoms. The van der Waals surface area contributed by atoms with Crippen LogP contribution in [-0.4, -0.2) is 20.9 Å².